The molecule has 0 aromatic rings. The van der Waals surface area contributed by atoms with Crippen LogP contribution in [0.4, 0.5) is 0 Å². The van der Waals surface area contributed by atoms with Gasteiger partial charge < -0.3 is 9.84 Å². The van der Waals surface area contributed by atoms with Crippen molar-refractivity contribution in [2.75, 3.05) is 13.7 Å². The third kappa shape index (κ3) is 15.2. The van der Waals surface area contributed by atoms with Crippen LogP contribution in [0, 0.1) is 17.8 Å². The molecule has 0 aromatic carbocycles. The Morgan fingerprint density at radius 3 is 1.88 bits per heavy atom. The first-order valence-electron chi connectivity index (χ1n) is 10.2. The molecule has 0 fully saturated rings. The Morgan fingerprint density at radius 2 is 1.40 bits per heavy atom. The summed E-state index contributed by atoms with van der Waals surface area (Å²) in [6.45, 7) is 9.14. The van der Waals surface area contributed by atoms with Gasteiger partial charge in [0.25, 0.3) is 0 Å². The number of carbonyl (C=O) groups is 1. The van der Waals surface area contributed by atoms with Crippen molar-refractivity contribution in [1.29, 1.82) is 0 Å². The van der Waals surface area contributed by atoms with Crippen LogP contribution in [0.5, 0.6) is 0 Å². The lowest BCUT2D eigenvalue weighted by atomic mass is 9.91. The van der Waals surface area contributed by atoms with Gasteiger partial charge in [0.05, 0.1) is 13.7 Å². The maximum atomic E-state index is 11.2. The van der Waals surface area contributed by atoms with Crippen LogP contribution < -0.4 is 0 Å². The van der Waals surface area contributed by atoms with E-state index in [2.05, 4.69) is 27.7 Å². The Bertz CT molecular complexity index is 362. The van der Waals surface area contributed by atoms with Crippen molar-refractivity contribution in [2.45, 2.75) is 91.9 Å². The first kappa shape index (κ1) is 24.2. The highest BCUT2D eigenvalue weighted by molar-refractivity contribution is 5.69. The number of carbonyl (C=O) groups excluding carboxylic acids is 1. The second kappa shape index (κ2) is 15.4. The minimum absolute atomic E-state index is 0.0865. The van der Waals surface area contributed by atoms with Gasteiger partial charge in [0.15, 0.2) is 0 Å². The summed E-state index contributed by atoms with van der Waals surface area (Å²) in [5, 5.41) is 8.86. The van der Waals surface area contributed by atoms with Crippen molar-refractivity contribution in [2.24, 2.45) is 17.8 Å². The quantitative estimate of drug-likeness (QED) is 0.294. The third-order valence-electron chi connectivity index (χ3n) is 5.24. The maximum Gasteiger partial charge on any atom is 0.305 e. The first-order valence-corrected chi connectivity index (χ1v) is 10.2. The summed E-state index contributed by atoms with van der Waals surface area (Å²) in [7, 11) is 1.46. The summed E-state index contributed by atoms with van der Waals surface area (Å²) < 4.78 is 4.72. The molecule has 3 nitrogen and oxygen atoms in total. The molecule has 3 atom stereocenters. The van der Waals surface area contributed by atoms with Gasteiger partial charge in [-0.25, -0.2) is 0 Å². The molecule has 25 heavy (non-hydrogen) atoms. The highest BCUT2D eigenvalue weighted by Gasteiger charge is 2.10. The monoisotopic (exact) mass is 354 g/mol. The van der Waals surface area contributed by atoms with Crippen LogP contribution in [0.3, 0.4) is 0 Å². The lowest BCUT2D eigenvalue weighted by Gasteiger charge is -2.15. The predicted octanol–water partition coefficient (Wildman–Crippen LogP) is 5.91. The van der Waals surface area contributed by atoms with Crippen molar-refractivity contribution in [3.05, 3.63) is 11.6 Å². The second-order valence-corrected chi connectivity index (χ2v) is 8.08. The molecule has 0 radical (unpaired) electrons. The Kier molecular flexibility index (Phi) is 14.9. The number of hydrogen-bond donors (Lipinski definition) is 1. The molecule has 0 amide bonds. The van der Waals surface area contributed by atoms with E-state index in [1.165, 1.54) is 57.6 Å². The minimum Gasteiger partial charge on any atom is -0.469 e. The fourth-order valence-corrected chi connectivity index (χ4v) is 3.38. The lowest BCUT2D eigenvalue weighted by molar-refractivity contribution is -0.141. The third-order valence-corrected chi connectivity index (χ3v) is 5.24. The Morgan fingerprint density at radius 1 is 0.920 bits per heavy atom. The van der Waals surface area contributed by atoms with Crippen LogP contribution in [0.2, 0.25) is 0 Å². The van der Waals surface area contributed by atoms with Gasteiger partial charge in [-0.05, 0) is 37.5 Å². The molecule has 3 heteroatoms. The van der Waals surface area contributed by atoms with Gasteiger partial charge in [-0.2, -0.15) is 0 Å². The van der Waals surface area contributed by atoms with Crippen LogP contribution >= 0.6 is 0 Å². The summed E-state index contributed by atoms with van der Waals surface area (Å²) in [5.41, 5.74) is 1.31. The van der Waals surface area contributed by atoms with Gasteiger partial charge in [0.1, 0.15) is 0 Å². The van der Waals surface area contributed by atoms with Crippen molar-refractivity contribution < 1.29 is 14.6 Å². The number of methoxy groups -OCH3 is 1. The normalized spacial score (nSPS) is 15.7. The molecule has 1 N–H and O–H groups in total. The molecule has 0 rings (SSSR count). The summed E-state index contributed by atoms with van der Waals surface area (Å²) in [5.74, 6) is 1.93. The van der Waals surface area contributed by atoms with E-state index in [9.17, 15) is 4.79 Å². The highest BCUT2D eigenvalue weighted by Crippen LogP contribution is 2.22. The van der Waals surface area contributed by atoms with Crippen molar-refractivity contribution >= 4 is 5.97 Å². The van der Waals surface area contributed by atoms with Crippen molar-refractivity contribution in [3.63, 3.8) is 0 Å². The van der Waals surface area contributed by atoms with Crippen molar-refractivity contribution in [3.8, 4) is 0 Å². The van der Waals surface area contributed by atoms with Gasteiger partial charge in [-0.15, -0.1) is 0 Å². The van der Waals surface area contributed by atoms with Gasteiger partial charge in [0.2, 0.25) is 0 Å². The maximum absolute atomic E-state index is 11.2. The van der Waals surface area contributed by atoms with E-state index in [0.29, 0.717) is 12.3 Å². The molecule has 0 spiro atoms. The zero-order valence-corrected chi connectivity index (χ0v) is 17.4. The van der Waals surface area contributed by atoms with Crippen molar-refractivity contribution in [1.82, 2.24) is 0 Å². The van der Waals surface area contributed by atoms with E-state index >= 15 is 0 Å². The SMILES string of the molecule is COC(=O)CC(C)CCC[C@@H](C)CCC[C@@H](C)CCC/C(C)=C/CO. The highest BCUT2D eigenvalue weighted by atomic mass is 16.5. The Balaban J connectivity index is 3.63. The molecule has 1 unspecified atom stereocenters. The number of hydrogen-bond acceptors (Lipinski definition) is 3. The van der Waals surface area contributed by atoms with Gasteiger partial charge in [-0.1, -0.05) is 77.4 Å². The van der Waals surface area contributed by atoms with Crippen LogP contribution in [0.15, 0.2) is 11.6 Å². The number of rotatable bonds is 15. The molecular formula is C22H42O3. The summed E-state index contributed by atoms with van der Waals surface area (Å²) in [6, 6.07) is 0. The molecule has 0 aliphatic carbocycles. The number of aliphatic hydroxyl groups excluding tert-OH is 1. The molecular weight excluding hydrogens is 312 g/mol. The smallest absolute Gasteiger partial charge is 0.305 e. The zero-order chi connectivity index (χ0) is 19.1. The molecule has 148 valence electrons. The van der Waals surface area contributed by atoms with Gasteiger partial charge in [-0.3, -0.25) is 4.79 Å². The Hall–Kier alpha value is -0.830. The van der Waals surface area contributed by atoms with Crippen LogP contribution in [-0.2, 0) is 9.53 Å². The zero-order valence-electron chi connectivity index (χ0n) is 17.4. The van der Waals surface area contributed by atoms with E-state index in [1.54, 1.807) is 0 Å². The lowest BCUT2D eigenvalue weighted by Crippen LogP contribution is -2.07. The van der Waals surface area contributed by atoms with E-state index in [1.807, 2.05) is 6.08 Å². The molecule has 0 saturated heterocycles. The summed E-state index contributed by atoms with van der Waals surface area (Å²) >= 11 is 0. The molecule has 0 heterocycles. The summed E-state index contributed by atoms with van der Waals surface area (Å²) in [6.07, 6.45) is 13.7. The van der Waals surface area contributed by atoms with Crippen LogP contribution in [0.1, 0.15) is 91.9 Å². The number of ether oxygens (including phenoxy) is 1. The van der Waals surface area contributed by atoms with Gasteiger partial charge in [0, 0.05) is 6.42 Å². The fourth-order valence-electron chi connectivity index (χ4n) is 3.38. The second-order valence-electron chi connectivity index (χ2n) is 8.08. The number of esters is 1. The number of allylic oxidation sites excluding steroid dienone is 1. The Labute approximate surface area is 156 Å². The van der Waals surface area contributed by atoms with Crippen LogP contribution in [0.25, 0.3) is 0 Å². The average Bonchev–Trinajstić information content (AvgIpc) is 2.54. The van der Waals surface area contributed by atoms with E-state index in [0.717, 1.165) is 24.7 Å². The fraction of sp³-hybridized carbons (Fsp3) is 0.864. The van der Waals surface area contributed by atoms with Crippen LogP contribution in [-0.4, -0.2) is 24.8 Å². The molecule has 0 aliphatic rings. The predicted molar refractivity (Wildman–Crippen MR) is 107 cm³/mol. The number of aliphatic hydroxyl groups is 1. The first-order chi connectivity index (χ1) is 11.9. The van der Waals surface area contributed by atoms with E-state index in [4.69, 9.17) is 9.84 Å². The molecule has 0 bridgehead atoms. The van der Waals surface area contributed by atoms with E-state index in [-0.39, 0.29) is 12.6 Å². The van der Waals surface area contributed by atoms with E-state index < -0.39 is 0 Å². The molecule has 0 aliphatic heterocycles. The molecule has 0 aromatic heterocycles. The minimum atomic E-state index is -0.0865. The summed E-state index contributed by atoms with van der Waals surface area (Å²) in [4.78, 5) is 11.2. The topological polar surface area (TPSA) is 46.5 Å². The largest absolute Gasteiger partial charge is 0.469 e. The average molecular weight is 355 g/mol. The molecule has 0 saturated carbocycles. The standard InChI is InChI=1S/C22H42O3/c1-18(11-7-13-20(3)15-16-23)9-6-10-19(2)12-8-14-21(4)17-22(24)25-5/h15,18-19,21,23H,6-14,16-17H2,1-5H3/b20-15+/t18-,19+,21?/m1/s1. The van der Waals surface area contributed by atoms with Gasteiger partial charge >= 0.3 is 5.97 Å².